The molecule has 38 heavy (non-hydrogen) atoms. The van der Waals surface area contributed by atoms with Gasteiger partial charge in [0.15, 0.2) is 0 Å². The van der Waals surface area contributed by atoms with Crippen LogP contribution in [0.5, 0.6) is 0 Å². The molecular weight excluding hydrogens is 456 g/mol. The summed E-state index contributed by atoms with van der Waals surface area (Å²) >= 11 is 0. The van der Waals surface area contributed by atoms with Crippen LogP contribution >= 0.6 is 0 Å². The number of hydrogen-bond acceptors (Lipinski definition) is 0. The second-order valence-electron chi connectivity index (χ2n) is 10.1. The maximum atomic E-state index is 4.73. The van der Waals surface area contributed by atoms with Gasteiger partial charge in [-0.2, -0.15) is 0 Å². The lowest BCUT2D eigenvalue weighted by molar-refractivity contribution is 0.746. The Labute approximate surface area is 228 Å². The minimum Gasteiger partial charge on any atom is -0.0942 e. The van der Waals surface area contributed by atoms with Crippen LogP contribution in [0.1, 0.15) is 43.9 Å². The standard InChI is InChI=1S/C36H30.C2H6/c1-26-14-6-4-7-15-27(2)36(32-20-12-10-18-30(32)31-19-11-13-21-33(31)36)34-23-25-35(3,24-22-29(26)34)28-16-8-5-9-17-28;1-2/h5-25H,1-2,4H2,3H3;1-2H3/b14-6-,15-7-;. The zero-order chi connectivity index (χ0) is 26.8. The molecule has 0 saturated heterocycles. The highest BCUT2D eigenvalue weighted by atomic mass is 14.5. The molecule has 0 saturated carbocycles. The minimum absolute atomic E-state index is 0.242. The Morgan fingerprint density at radius 2 is 1.18 bits per heavy atom. The van der Waals surface area contributed by atoms with Crippen LogP contribution in [-0.2, 0) is 10.8 Å². The second kappa shape index (κ2) is 10.3. The second-order valence-corrected chi connectivity index (χ2v) is 10.1. The number of hydrogen-bond donors (Lipinski definition) is 0. The van der Waals surface area contributed by atoms with E-state index in [0.717, 1.165) is 23.1 Å². The average Bonchev–Trinajstić information content (AvgIpc) is 3.14. The Hall–Kier alpha value is -4.16. The number of benzene rings is 3. The van der Waals surface area contributed by atoms with Crippen molar-refractivity contribution >= 4 is 0 Å². The van der Waals surface area contributed by atoms with Gasteiger partial charge in [-0.25, -0.2) is 0 Å². The molecule has 0 nitrogen and oxygen atoms in total. The average molecular weight is 493 g/mol. The molecule has 3 aliphatic carbocycles. The quantitative estimate of drug-likeness (QED) is 0.317. The lowest BCUT2D eigenvalue weighted by atomic mass is 9.65. The molecule has 0 N–H and O–H groups in total. The third-order valence-electron chi connectivity index (χ3n) is 7.97. The molecule has 0 amide bonds. The molecule has 0 heteroatoms. The van der Waals surface area contributed by atoms with Crippen molar-refractivity contribution in [1.29, 1.82) is 0 Å². The summed E-state index contributed by atoms with van der Waals surface area (Å²) in [5.41, 5.74) is 10.1. The van der Waals surface area contributed by atoms with E-state index in [2.05, 4.69) is 141 Å². The van der Waals surface area contributed by atoms with Gasteiger partial charge in [-0.3, -0.25) is 0 Å². The molecule has 0 fully saturated rings. The zero-order valence-corrected chi connectivity index (χ0v) is 22.7. The summed E-state index contributed by atoms with van der Waals surface area (Å²) in [4.78, 5) is 0. The Kier molecular flexibility index (Phi) is 6.91. The summed E-state index contributed by atoms with van der Waals surface area (Å²) < 4.78 is 0. The van der Waals surface area contributed by atoms with E-state index in [1.807, 2.05) is 13.8 Å². The summed E-state index contributed by atoms with van der Waals surface area (Å²) in [5, 5.41) is 0. The third kappa shape index (κ3) is 3.92. The molecule has 1 spiro atoms. The molecule has 3 aliphatic rings. The fraction of sp³-hybridized carbons (Fsp3) is 0.158. The summed E-state index contributed by atoms with van der Waals surface area (Å²) in [5.74, 6) is 0. The summed E-state index contributed by atoms with van der Waals surface area (Å²) in [7, 11) is 0. The first kappa shape index (κ1) is 25.5. The Balaban J connectivity index is 0.00000144. The van der Waals surface area contributed by atoms with Crippen molar-refractivity contribution in [2.75, 3.05) is 0 Å². The fourth-order valence-electron chi connectivity index (χ4n) is 6.10. The van der Waals surface area contributed by atoms with Gasteiger partial charge in [0.25, 0.3) is 0 Å². The number of allylic oxidation sites excluding steroid dienone is 12. The van der Waals surface area contributed by atoms with Gasteiger partial charge >= 0.3 is 0 Å². The van der Waals surface area contributed by atoms with Crippen molar-refractivity contribution in [2.24, 2.45) is 0 Å². The van der Waals surface area contributed by atoms with Crippen LogP contribution in [0.2, 0.25) is 0 Å². The molecule has 0 bridgehead atoms. The lowest BCUT2D eigenvalue weighted by Gasteiger charge is -2.36. The van der Waals surface area contributed by atoms with Gasteiger partial charge in [-0.1, -0.05) is 154 Å². The normalized spacial score (nSPS) is 22.5. The van der Waals surface area contributed by atoms with Gasteiger partial charge in [0.2, 0.25) is 0 Å². The summed E-state index contributed by atoms with van der Waals surface area (Å²) in [6.07, 6.45) is 19.0. The molecule has 0 heterocycles. The molecule has 0 radical (unpaired) electrons. The number of rotatable bonds is 1. The highest BCUT2D eigenvalue weighted by Gasteiger charge is 2.48. The van der Waals surface area contributed by atoms with Gasteiger partial charge in [-0.05, 0) is 63.5 Å². The van der Waals surface area contributed by atoms with Crippen molar-refractivity contribution in [2.45, 2.75) is 38.0 Å². The van der Waals surface area contributed by atoms with Gasteiger partial charge in [-0.15, -0.1) is 0 Å². The first-order chi connectivity index (χ1) is 18.6. The van der Waals surface area contributed by atoms with E-state index in [4.69, 9.17) is 6.58 Å². The third-order valence-corrected chi connectivity index (χ3v) is 7.97. The molecular formula is C38H36. The van der Waals surface area contributed by atoms with Gasteiger partial charge in [0.05, 0.1) is 5.41 Å². The van der Waals surface area contributed by atoms with Crippen molar-refractivity contribution < 1.29 is 0 Å². The monoisotopic (exact) mass is 492 g/mol. The highest BCUT2D eigenvalue weighted by Crippen LogP contribution is 2.58. The molecule has 0 aromatic heterocycles. The lowest BCUT2D eigenvalue weighted by Crippen LogP contribution is -2.30. The SMILES string of the molecule is C=C1/C=C\C/C=C\C(=C)C2(C3=C1C=CC(C)(c1ccccc1)C=C3)c1ccccc1-c1ccccc12.CC. The maximum absolute atomic E-state index is 4.73. The fourth-order valence-corrected chi connectivity index (χ4v) is 6.10. The van der Waals surface area contributed by atoms with E-state index in [9.17, 15) is 0 Å². The molecule has 1 atom stereocenters. The summed E-state index contributed by atoms with van der Waals surface area (Å²) in [6.45, 7) is 15.6. The van der Waals surface area contributed by atoms with Crippen molar-refractivity contribution in [3.05, 3.63) is 180 Å². The zero-order valence-electron chi connectivity index (χ0n) is 22.7. The molecule has 3 aromatic carbocycles. The van der Waals surface area contributed by atoms with Crippen molar-refractivity contribution in [1.82, 2.24) is 0 Å². The van der Waals surface area contributed by atoms with Crippen LogP contribution in [0.15, 0.2) is 163 Å². The number of fused-ring (bicyclic) bond motifs is 6. The van der Waals surface area contributed by atoms with E-state index in [1.54, 1.807) is 0 Å². The van der Waals surface area contributed by atoms with Gasteiger partial charge in [0, 0.05) is 5.41 Å². The predicted molar refractivity (Wildman–Crippen MR) is 164 cm³/mol. The van der Waals surface area contributed by atoms with Crippen molar-refractivity contribution in [3.8, 4) is 11.1 Å². The van der Waals surface area contributed by atoms with Crippen LogP contribution in [0.3, 0.4) is 0 Å². The van der Waals surface area contributed by atoms with Gasteiger partial charge < -0.3 is 0 Å². The van der Waals surface area contributed by atoms with E-state index < -0.39 is 5.41 Å². The van der Waals surface area contributed by atoms with Gasteiger partial charge in [0.1, 0.15) is 0 Å². The Bertz CT molecular complexity index is 1490. The highest BCUT2D eigenvalue weighted by molar-refractivity contribution is 5.88. The summed E-state index contributed by atoms with van der Waals surface area (Å²) in [6, 6.07) is 28.4. The van der Waals surface area contributed by atoms with E-state index >= 15 is 0 Å². The van der Waals surface area contributed by atoms with Crippen LogP contribution in [0.4, 0.5) is 0 Å². The predicted octanol–water partition coefficient (Wildman–Crippen LogP) is 9.99. The van der Waals surface area contributed by atoms with Crippen LogP contribution in [-0.4, -0.2) is 0 Å². The van der Waals surface area contributed by atoms with E-state index in [0.29, 0.717) is 0 Å². The van der Waals surface area contributed by atoms with E-state index in [1.165, 1.54) is 33.4 Å². The largest absolute Gasteiger partial charge is 0.0942 e. The van der Waals surface area contributed by atoms with E-state index in [-0.39, 0.29) is 5.41 Å². The molecule has 0 aliphatic heterocycles. The first-order valence-corrected chi connectivity index (χ1v) is 13.7. The molecule has 1 unspecified atom stereocenters. The van der Waals surface area contributed by atoms with Crippen LogP contribution in [0.25, 0.3) is 11.1 Å². The smallest absolute Gasteiger partial charge is 0.0713 e. The maximum Gasteiger partial charge on any atom is 0.0713 e. The molecule has 188 valence electrons. The molecule has 6 rings (SSSR count). The Morgan fingerprint density at radius 1 is 0.632 bits per heavy atom. The van der Waals surface area contributed by atoms with Crippen LogP contribution < -0.4 is 0 Å². The van der Waals surface area contributed by atoms with Crippen LogP contribution in [0, 0.1) is 0 Å². The Morgan fingerprint density at radius 3 is 1.84 bits per heavy atom. The topological polar surface area (TPSA) is 0 Å². The molecule has 3 aromatic rings. The van der Waals surface area contributed by atoms with Crippen molar-refractivity contribution in [3.63, 3.8) is 0 Å². The first-order valence-electron chi connectivity index (χ1n) is 13.7. The minimum atomic E-state index is -0.504.